The van der Waals surface area contributed by atoms with E-state index in [1.807, 2.05) is 0 Å². The number of benzene rings is 2. The Balaban J connectivity index is 1.58. The summed E-state index contributed by atoms with van der Waals surface area (Å²) in [6.45, 7) is 1.93. The van der Waals surface area contributed by atoms with E-state index in [0.717, 1.165) is 11.8 Å². The van der Waals surface area contributed by atoms with Crippen LogP contribution < -0.4 is 31.4 Å². The summed E-state index contributed by atoms with van der Waals surface area (Å²) in [4.78, 5) is 70.5. The number of aromatic amines is 2. The number of hydrogen-bond donors (Lipinski definition) is 5. The summed E-state index contributed by atoms with van der Waals surface area (Å²) in [7, 11) is 2.84. The van der Waals surface area contributed by atoms with Gasteiger partial charge in [-0.1, -0.05) is 11.8 Å². The number of carbonyl (C=O) groups is 3. The summed E-state index contributed by atoms with van der Waals surface area (Å²) in [5.74, 6) is -1.49. The molecule has 0 aliphatic carbocycles. The Morgan fingerprint density at radius 1 is 1.07 bits per heavy atom. The molecule has 4 rings (SSSR count). The highest BCUT2D eigenvalue weighted by molar-refractivity contribution is 8.15. The van der Waals surface area contributed by atoms with Crippen molar-refractivity contribution in [1.82, 2.24) is 15.3 Å². The number of aliphatic imine (C=N–C) groups is 1. The molecule has 2 aromatic carbocycles. The summed E-state index contributed by atoms with van der Waals surface area (Å²) in [5.41, 5.74) is -1.10. The number of hydrogen-bond acceptors (Lipinski definition) is 11. The number of carbonyl (C=O) groups excluding carboxylic acids is 3. The molecule has 5 N–H and O–H groups in total. The molecule has 14 nitrogen and oxygen atoms in total. The molecule has 42 heavy (non-hydrogen) atoms. The van der Waals surface area contributed by atoms with Gasteiger partial charge in [-0.25, -0.2) is 14.6 Å². The summed E-state index contributed by atoms with van der Waals surface area (Å²) in [6, 6.07) is 9.57. The molecule has 0 saturated carbocycles. The van der Waals surface area contributed by atoms with Crippen molar-refractivity contribution >= 4 is 40.4 Å². The number of anilines is 1. The third-order valence-corrected chi connectivity index (χ3v) is 7.13. The Morgan fingerprint density at radius 3 is 2.45 bits per heavy atom. The van der Waals surface area contributed by atoms with Gasteiger partial charge in [0.2, 0.25) is 17.7 Å². The van der Waals surface area contributed by atoms with Crippen LogP contribution in [0.15, 0.2) is 57.0 Å². The monoisotopic (exact) mass is 597 g/mol. The number of thioether (sulfide) groups is 1. The molecule has 220 valence electrons. The third kappa shape index (κ3) is 6.80. The number of amides is 2. The summed E-state index contributed by atoms with van der Waals surface area (Å²) < 4.78 is 15.7. The first-order valence-electron chi connectivity index (χ1n) is 12.5. The van der Waals surface area contributed by atoms with Gasteiger partial charge in [0.15, 0.2) is 5.17 Å². The highest BCUT2D eigenvalue weighted by atomic mass is 32.2. The fourth-order valence-corrected chi connectivity index (χ4v) is 5.08. The first kappa shape index (κ1) is 29.9. The van der Waals surface area contributed by atoms with Crippen LogP contribution in [0.1, 0.15) is 40.9 Å². The second-order valence-corrected chi connectivity index (χ2v) is 9.95. The van der Waals surface area contributed by atoms with Gasteiger partial charge >= 0.3 is 11.7 Å². The minimum absolute atomic E-state index is 0.0662. The number of nitrogens with zero attached hydrogens (tertiary/aromatic N) is 1. The van der Waals surface area contributed by atoms with Crippen LogP contribution in [0.4, 0.5) is 5.69 Å². The van der Waals surface area contributed by atoms with Crippen LogP contribution in [-0.4, -0.2) is 64.1 Å². The molecule has 0 radical (unpaired) electrons. The number of methoxy groups -OCH3 is 2. The van der Waals surface area contributed by atoms with Crippen molar-refractivity contribution in [1.29, 1.82) is 0 Å². The molecule has 0 bridgehead atoms. The zero-order chi connectivity index (χ0) is 30.4. The summed E-state index contributed by atoms with van der Waals surface area (Å²) in [6.07, 6.45) is -0.215. The maximum absolute atomic E-state index is 12.8. The summed E-state index contributed by atoms with van der Waals surface area (Å²) in [5, 5.41) is 15.0. The second-order valence-electron chi connectivity index (χ2n) is 8.76. The molecule has 2 amide bonds. The van der Waals surface area contributed by atoms with Crippen molar-refractivity contribution < 1.29 is 33.7 Å². The van der Waals surface area contributed by atoms with E-state index in [9.17, 15) is 29.1 Å². The highest BCUT2D eigenvalue weighted by Gasteiger charge is 2.34. The van der Waals surface area contributed by atoms with Crippen molar-refractivity contribution in [3.05, 3.63) is 80.0 Å². The van der Waals surface area contributed by atoms with Crippen LogP contribution in [-0.2, 0) is 14.3 Å². The Labute approximate surface area is 242 Å². The molecule has 1 aliphatic heterocycles. The van der Waals surface area contributed by atoms with Crippen molar-refractivity contribution in [3.8, 4) is 17.4 Å². The number of H-pyrrole nitrogens is 2. The largest absolute Gasteiger partial charge is 0.497 e. The van der Waals surface area contributed by atoms with Gasteiger partial charge in [0.1, 0.15) is 28.4 Å². The number of nitrogens with one attached hydrogen (secondary N) is 4. The lowest BCUT2D eigenvalue weighted by Crippen LogP contribution is -2.29. The van der Waals surface area contributed by atoms with Crippen LogP contribution in [0.2, 0.25) is 0 Å². The number of rotatable bonds is 10. The van der Waals surface area contributed by atoms with E-state index in [1.54, 1.807) is 31.2 Å². The van der Waals surface area contributed by atoms with Crippen molar-refractivity contribution in [2.24, 2.45) is 4.99 Å². The van der Waals surface area contributed by atoms with Gasteiger partial charge in [0.25, 0.3) is 5.56 Å². The van der Waals surface area contributed by atoms with Crippen LogP contribution in [0.5, 0.6) is 17.4 Å². The summed E-state index contributed by atoms with van der Waals surface area (Å²) >= 11 is 0.955. The SMILES string of the molecule is CCOC(=O)c1ccc(NC(=O)CC2SC(=NC(c3cc(OC)ccc3OC)c3c(O)[nH]c(=O)[nH]c3=O)NC2=O)cc1. The topological polar surface area (TPSA) is 201 Å². The number of aromatic hydroxyl groups is 1. The standard InChI is InChI=1S/C27H27N5O9S/c1-4-41-25(37)13-5-7-14(8-6-13)28-19(33)12-18-22(34)32-27(42-18)29-21(20-23(35)30-26(38)31-24(20)36)16-11-15(39-2)9-10-17(16)40-3/h5-11,18,21H,4,12H2,1-3H3,(H,28,33)(H,29,32,34)(H3,30,31,35,36,38). The molecular weight excluding hydrogens is 570 g/mol. The average molecular weight is 598 g/mol. The smallest absolute Gasteiger partial charge is 0.338 e. The van der Waals surface area contributed by atoms with E-state index < -0.39 is 46.2 Å². The molecule has 3 aromatic rings. The van der Waals surface area contributed by atoms with Crippen LogP contribution in [0.25, 0.3) is 0 Å². The zero-order valence-corrected chi connectivity index (χ0v) is 23.5. The average Bonchev–Trinajstić information content (AvgIpc) is 3.29. The Bertz CT molecular complexity index is 1650. The maximum atomic E-state index is 12.8. The van der Waals surface area contributed by atoms with E-state index in [2.05, 4.69) is 25.6 Å². The highest BCUT2D eigenvalue weighted by Crippen LogP contribution is 2.38. The fourth-order valence-electron chi connectivity index (χ4n) is 4.08. The molecule has 15 heteroatoms. The van der Waals surface area contributed by atoms with E-state index in [-0.39, 0.29) is 29.5 Å². The Hall–Kier alpha value is -5.05. The molecule has 2 unspecified atom stereocenters. The molecule has 1 saturated heterocycles. The lowest BCUT2D eigenvalue weighted by molar-refractivity contribution is -0.122. The minimum atomic E-state index is -1.26. The predicted octanol–water partition coefficient (Wildman–Crippen LogP) is 1.67. The quantitative estimate of drug-likeness (QED) is 0.214. The number of amidine groups is 1. The maximum Gasteiger partial charge on any atom is 0.338 e. The van der Waals surface area contributed by atoms with Gasteiger partial charge in [0, 0.05) is 17.7 Å². The molecule has 2 atom stereocenters. The molecule has 1 aliphatic rings. The first-order valence-corrected chi connectivity index (χ1v) is 13.4. The third-order valence-electron chi connectivity index (χ3n) is 6.04. The van der Waals surface area contributed by atoms with Gasteiger partial charge in [-0.2, -0.15) is 0 Å². The van der Waals surface area contributed by atoms with E-state index in [0.29, 0.717) is 22.6 Å². The van der Waals surface area contributed by atoms with Gasteiger partial charge in [0.05, 0.1) is 26.4 Å². The first-order chi connectivity index (χ1) is 20.1. The zero-order valence-electron chi connectivity index (χ0n) is 22.7. The fraction of sp³-hybridized carbons (Fsp3) is 0.259. The van der Waals surface area contributed by atoms with E-state index in [4.69, 9.17) is 14.2 Å². The van der Waals surface area contributed by atoms with Crippen LogP contribution in [0, 0.1) is 0 Å². The molecular formula is C27H27N5O9S. The molecule has 1 fully saturated rings. The number of aromatic nitrogens is 2. The van der Waals surface area contributed by atoms with Crippen molar-refractivity contribution in [2.75, 3.05) is 26.1 Å². The lowest BCUT2D eigenvalue weighted by atomic mass is 9.99. The lowest BCUT2D eigenvalue weighted by Gasteiger charge is -2.18. The van der Waals surface area contributed by atoms with Crippen molar-refractivity contribution in [3.63, 3.8) is 0 Å². The molecule has 1 aromatic heterocycles. The van der Waals surface area contributed by atoms with Gasteiger partial charge in [-0.05, 0) is 49.4 Å². The van der Waals surface area contributed by atoms with E-state index in [1.165, 1.54) is 32.4 Å². The minimum Gasteiger partial charge on any atom is -0.497 e. The van der Waals surface area contributed by atoms with Gasteiger partial charge in [-0.3, -0.25) is 24.4 Å². The Morgan fingerprint density at radius 2 is 1.81 bits per heavy atom. The van der Waals surface area contributed by atoms with Gasteiger partial charge < -0.3 is 30.0 Å². The van der Waals surface area contributed by atoms with Gasteiger partial charge in [-0.15, -0.1) is 0 Å². The molecule has 0 spiro atoms. The predicted molar refractivity (Wildman–Crippen MR) is 153 cm³/mol. The number of esters is 1. The molecule has 2 heterocycles. The van der Waals surface area contributed by atoms with Crippen LogP contribution >= 0.6 is 11.8 Å². The van der Waals surface area contributed by atoms with Crippen molar-refractivity contribution in [2.45, 2.75) is 24.6 Å². The van der Waals surface area contributed by atoms with E-state index >= 15 is 0 Å². The Kier molecular flexibility index (Phi) is 9.32. The normalized spacial score (nSPS) is 16.0. The number of ether oxygens (including phenoxy) is 3. The second kappa shape index (κ2) is 13.1. The van der Waals surface area contributed by atoms with Crippen LogP contribution in [0.3, 0.4) is 0 Å².